The van der Waals surface area contributed by atoms with Gasteiger partial charge >= 0.3 is 6.09 Å². The van der Waals surface area contributed by atoms with Gasteiger partial charge in [0, 0.05) is 23.1 Å². The highest BCUT2D eigenvalue weighted by atomic mass is 32.2. The molecule has 2 fully saturated rings. The number of pyridine rings is 1. The number of hydrogen-bond acceptors (Lipinski definition) is 8. The summed E-state index contributed by atoms with van der Waals surface area (Å²) in [4.78, 5) is 18.6. The van der Waals surface area contributed by atoms with E-state index in [-0.39, 0.29) is 19.3 Å². The van der Waals surface area contributed by atoms with E-state index in [4.69, 9.17) is 9.47 Å². The van der Waals surface area contributed by atoms with Crippen LogP contribution in [0.4, 0.5) is 4.79 Å². The number of likely N-dealkylation sites (tertiary alicyclic amines) is 1. The molecule has 5 rings (SSSR count). The number of nitrogens with one attached hydrogen (secondary N) is 1. The minimum Gasteiger partial charge on any atom is -0.486 e. The zero-order valence-electron chi connectivity index (χ0n) is 23.1. The predicted molar refractivity (Wildman–Crippen MR) is 155 cm³/mol. The number of rotatable bonds is 8. The van der Waals surface area contributed by atoms with Gasteiger partial charge in [-0.3, -0.25) is 9.55 Å². The Labute approximate surface area is 240 Å². The molecular formula is C30H36N6O3S. The Balaban J connectivity index is 1.16. The number of alkyl carbamates (subject to hydrolysis) is 1. The molecule has 2 aromatic heterocycles. The molecule has 210 valence electrons. The molecule has 1 aromatic carbocycles. The minimum atomic E-state index is -0.409. The minimum absolute atomic E-state index is 0.0430. The van der Waals surface area contributed by atoms with Crippen molar-refractivity contribution in [3.8, 4) is 23.3 Å². The van der Waals surface area contributed by atoms with Gasteiger partial charge in [-0.05, 0) is 88.6 Å². The van der Waals surface area contributed by atoms with Gasteiger partial charge in [-0.25, -0.2) is 4.79 Å². The topological polar surface area (TPSA) is 94.4 Å². The summed E-state index contributed by atoms with van der Waals surface area (Å²) in [7, 11) is 2.09. The molecule has 0 atom stereocenters. The van der Waals surface area contributed by atoms with Crippen molar-refractivity contribution in [2.24, 2.45) is 0 Å². The van der Waals surface area contributed by atoms with Gasteiger partial charge in [0.1, 0.15) is 12.4 Å². The van der Waals surface area contributed by atoms with E-state index in [0.717, 1.165) is 59.5 Å². The number of aryl methyl sites for hydroxylation is 1. The number of carbonyl (C=O) groups excluding carboxylic acids is 1. The Morgan fingerprint density at radius 3 is 2.73 bits per heavy atom. The number of ether oxygens (including phenoxy) is 2. The van der Waals surface area contributed by atoms with E-state index >= 15 is 0 Å². The fraction of sp³-hybridized carbons (Fsp3) is 0.467. The van der Waals surface area contributed by atoms with E-state index in [1.165, 1.54) is 25.7 Å². The number of nitrogens with zero attached hydrogens (tertiary/aromatic N) is 5. The Bertz CT molecular complexity index is 1340. The standard InChI is InChI=1S/C30H36N6O3S/c1-22-19-26(12-11-23(22)7-6-18-38-30(37)32-24-13-16-35(2)17-14-24)39-21-28-33-34-29(40-27-9-3-4-10-27)36(28)25-8-5-15-31-20-25/h5,8,11-12,15,19-20,24,27H,3-4,9-10,13-14,16-18,21H2,1-2H3,(H,32,37). The first-order valence-electron chi connectivity index (χ1n) is 13.9. The summed E-state index contributed by atoms with van der Waals surface area (Å²) >= 11 is 1.79. The monoisotopic (exact) mass is 560 g/mol. The molecular weight excluding hydrogens is 524 g/mol. The number of carbonyl (C=O) groups is 1. The van der Waals surface area contributed by atoms with Gasteiger partial charge < -0.3 is 19.7 Å². The molecule has 1 amide bonds. The van der Waals surface area contributed by atoms with Gasteiger partial charge in [0.15, 0.2) is 17.6 Å². The van der Waals surface area contributed by atoms with Crippen LogP contribution in [0.25, 0.3) is 5.69 Å². The van der Waals surface area contributed by atoms with Gasteiger partial charge in [-0.15, -0.1) is 10.2 Å². The molecule has 1 aliphatic carbocycles. The van der Waals surface area contributed by atoms with Crippen LogP contribution in [0.1, 0.15) is 55.5 Å². The lowest BCUT2D eigenvalue weighted by Gasteiger charge is -2.28. The number of benzene rings is 1. The van der Waals surface area contributed by atoms with Gasteiger partial charge in [-0.1, -0.05) is 36.4 Å². The molecule has 1 saturated carbocycles. The zero-order valence-corrected chi connectivity index (χ0v) is 24.0. The highest BCUT2D eigenvalue weighted by Crippen LogP contribution is 2.35. The molecule has 3 aromatic rings. The quantitative estimate of drug-likeness (QED) is 0.395. The van der Waals surface area contributed by atoms with Crippen LogP contribution in [-0.4, -0.2) is 68.8 Å². The first kappa shape index (κ1) is 28.0. The lowest BCUT2D eigenvalue weighted by Crippen LogP contribution is -2.43. The molecule has 0 radical (unpaired) electrons. The van der Waals surface area contributed by atoms with Crippen molar-refractivity contribution in [2.45, 2.75) is 68.5 Å². The third-order valence-corrected chi connectivity index (χ3v) is 8.56. The van der Waals surface area contributed by atoms with Gasteiger partial charge in [-0.2, -0.15) is 0 Å². The van der Waals surface area contributed by atoms with Crippen molar-refractivity contribution in [1.82, 2.24) is 30.0 Å². The summed E-state index contributed by atoms with van der Waals surface area (Å²) in [5, 5.41) is 13.3. The lowest BCUT2D eigenvalue weighted by atomic mass is 10.1. The molecule has 10 heteroatoms. The van der Waals surface area contributed by atoms with E-state index in [0.29, 0.717) is 5.25 Å². The highest BCUT2D eigenvalue weighted by Gasteiger charge is 2.22. The number of amides is 1. The molecule has 9 nitrogen and oxygen atoms in total. The number of aromatic nitrogens is 4. The maximum atomic E-state index is 12.1. The van der Waals surface area contributed by atoms with Crippen molar-refractivity contribution < 1.29 is 14.3 Å². The van der Waals surface area contributed by atoms with E-state index in [9.17, 15) is 4.79 Å². The molecule has 1 aliphatic heterocycles. The molecule has 40 heavy (non-hydrogen) atoms. The summed E-state index contributed by atoms with van der Waals surface area (Å²) in [6, 6.07) is 9.87. The van der Waals surface area contributed by atoms with E-state index in [1.54, 1.807) is 18.0 Å². The van der Waals surface area contributed by atoms with Crippen LogP contribution in [0, 0.1) is 18.8 Å². The highest BCUT2D eigenvalue weighted by molar-refractivity contribution is 7.99. The van der Waals surface area contributed by atoms with Gasteiger partial charge in [0.05, 0.1) is 11.9 Å². The maximum absolute atomic E-state index is 12.1. The zero-order chi connectivity index (χ0) is 27.7. The van der Waals surface area contributed by atoms with Gasteiger partial charge in [0.2, 0.25) is 0 Å². The second-order valence-electron chi connectivity index (χ2n) is 10.3. The van der Waals surface area contributed by atoms with Crippen LogP contribution in [0.5, 0.6) is 5.75 Å². The van der Waals surface area contributed by atoms with E-state index < -0.39 is 6.09 Å². The third-order valence-electron chi connectivity index (χ3n) is 7.28. The number of piperidine rings is 1. The Morgan fingerprint density at radius 2 is 1.98 bits per heavy atom. The second kappa shape index (κ2) is 13.7. The molecule has 0 unspecified atom stereocenters. The fourth-order valence-corrected chi connectivity index (χ4v) is 6.25. The second-order valence-corrected chi connectivity index (χ2v) is 11.6. The fourth-order valence-electron chi connectivity index (χ4n) is 4.98. The molecule has 0 bridgehead atoms. The first-order chi connectivity index (χ1) is 19.5. The van der Waals surface area contributed by atoms with Crippen molar-refractivity contribution in [2.75, 3.05) is 26.7 Å². The number of thioether (sulfide) groups is 1. The first-order valence-corrected chi connectivity index (χ1v) is 14.8. The SMILES string of the molecule is Cc1cc(OCc2nnc(SC3CCCC3)n2-c2cccnc2)ccc1C#CCOC(=O)NC1CCN(C)CC1. The van der Waals surface area contributed by atoms with Crippen LogP contribution in [0.2, 0.25) is 0 Å². The molecule has 2 aliphatic rings. The van der Waals surface area contributed by atoms with Crippen molar-refractivity contribution in [3.63, 3.8) is 0 Å². The third kappa shape index (κ3) is 7.55. The number of hydrogen-bond donors (Lipinski definition) is 1. The Morgan fingerprint density at radius 1 is 1.15 bits per heavy atom. The van der Waals surface area contributed by atoms with Crippen LogP contribution in [0.3, 0.4) is 0 Å². The average Bonchev–Trinajstić information content (AvgIpc) is 3.63. The van der Waals surface area contributed by atoms with Crippen LogP contribution in [0.15, 0.2) is 47.9 Å². The predicted octanol–water partition coefficient (Wildman–Crippen LogP) is 4.76. The summed E-state index contributed by atoms with van der Waals surface area (Å²) < 4.78 is 13.4. The normalized spacial score (nSPS) is 16.4. The van der Waals surface area contributed by atoms with Crippen LogP contribution in [-0.2, 0) is 11.3 Å². The summed E-state index contributed by atoms with van der Waals surface area (Å²) in [5.41, 5.74) is 2.77. The molecule has 1 saturated heterocycles. The largest absolute Gasteiger partial charge is 0.486 e. The summed E-state index contributed by atoms with van der Waals surface area (Å²) in [6.45, 7) is 4.27. The van der Waals surface area contributed by atoms with Crippen LogP contribution >= 0.6 is 11.8 Å². The summed E-state index contributed by atoms with van der Waals surface area (Å²) in [5.74, 6) is 7.49. The Hall–Kier alpha value is -3.55. The lowest BCUT2D eigenvalue weighted by molar-refractivity contribution is 0.147. The molecule has 3 heterocycles. The molecule has 1 N–H and O–H groups in total. The van der Waals surface area contributed by atoms with Crippen LogP contribution < -0.4 is 10.1 Å². The van der Waals surface area contributed by atoms with Gasteiger partial charge in [0.25, 0.3) is 0 Å². The van der Waals surface area contributed by atoms with E-state index in [2.05, 4.69) is 44.3 Å². The Kier molecular flexibility index (Phi) is 9.58. The smallest absolute Gasteiger partial charge is 0.408 e. The average molecular weight is 561 g/mol. The van der Waals surface area contributed by atoms with Crippen molar-refractivity contribution >= 4 is 17.9 Å². The molecule has 0 spiro atoms. The van der Waals surface area contributed by atoms with Crippen molar-refractivity contribution in [1.29, 1.82) is 0 Å². The summed E-state index contributed by atoms with van der Waals surface area (Å²) in [6.07, 6.45) is 10.0. The maximum Gasteiger partial charge on any atom is 0.408 e. The van der Waals surface area contributed by atoms with Crippen molar-refractivity contribution in [3.05, 3.63) is 59.7 Å². The van der Waals surface area contributed by atoms with E-state index in [1.807, 2.05) is 48.0 Å².